The van der Waals surface area contributed by atoms with E-state index in [1.165, 1.54) is 0 Å². The van der Waals surface area contributed by atoms with Gasteiger partial charge in [-0.25, -0.2) is 4.98 Å². The Balaban J connectivity index is 1.50. The molecule has 1 saturated heterocycles. The predicted molar refractivity (Wildman–Crippen MR) is 79.7 cm³/mol. The highest BCUT2D eigenvalue weighted by molar-refractivity contribution is 5.91. The minimum absolute atomic E-state index is 0.222. The van der Waals surface area contributed by atoms with Crippen LogP contribution in [0.4, 0.5) is 0 Å². The summed E-state index contributed by atoms with van der Waals surface area (Å²) in [6.45, 7) is 6.98. The first-order valence-corrected chi connectivity index (χ1v) is 7.51. The Morgan fingerprint density at radius 2 is 2.18 bits per heavy atom. The largest absolute Gasteiger partial charge is 0.379 e. The van der Waals surface area contributed by atoms with Crippen molar-refractivity contribution in [1.82, 2.24) is 29.8 Å². The van der Waals surface area contributed by atoms with Gasteiger partial charge in [-0.15, -0.1) is 10.2 Å². The second-order valence-corrected chi connectivity index (χ2v) is 5.33. The van der Waals surface area contributed by atoms with Crippen molar-refractivity contribution in [3.8, 4) is 0 Å². The first-order chi connectivity index (χ1) is 10.7. The van der Waals surface area contributed by atoms with Crippen LogP contribution in [0.5, 0.6) is 0 Å². The summed E-state index contributed by atoms with van der Waals surface area (Å²) in [6, 6.07) is 1.82. The summed E-state index contributed by atoms with van der Waals surface area (Å²) >= 11 is 0. The van der Waals surface area contributed by atoms with Crippen molar-refractivity contribution in [2.45, 2.75) is 13.3 Å². The summed E-state index contributed by atoms with van der Waals surface area (Å²) in [5.74, 6) is 0.493. The van der Waals surface area contributed by atoms with E-state index in [-0.39, 0.29) is 11.7 Å². The maximum absolute atomic E-state index is 12.2. The number of aromatic nitrogens is 4. The van der Waals surface area contributed by atoms with Gasteiger partial charge in [0.1, 0.15) is 0 Å². The average Bonchev–Trinajstić information content (AvgIpc) is 2.95. The molecule has 3 rings (SSSR count). The number of nitrogens with zero attached hydrogens (tertiary/aromatic N) is 5. The first-order valence-electron chi connectivity index (χ1n) is 7.51. The van der Waals surface area contributed by atoms with E-state index in [4.69, 9.17) is 4.74 Å². The molecule has 22 heavy (non-hydrogen) atoms. The molecule has 0 bridgehead atoms. The molecule has 8 nitrogen and oxygen atoms in total. The number of fused-ring (bicyclic) bond motifs is 1. The van der Waals surface area contributed by atoms with Gasteiger partial charge in [0.2, 0.25) is 5.82 Å². The lowest BCUT2D eigenvalue weighted by atomic mass is 10.3. The van der Waals surface area contributed by atoms with Crippen molar-refractivity contribution in [2.24, 2.45) is 0 Å². The third-order valence-electron chi connectivity index (χ3n) is 3.66. The van der Waals surface area contributed by atoms with Crippen molar-refractivity contribution in [2.75, 3.05) is 39.4 Å². The Morgan fingerprint density at radius 1 is 1.36 bits per heavy atom. The maximum atomic E-state index is 12.2. The van der Waals surface area contributed by atoms with Gasteiger partial charge in [0.05, 0.1) is 13.2 Å². The van der Waals surface area contributed by atoms with E-state index in [9.17, 15) is 4.79 Å². The van der Waals surface area contributed by atoms with Crippen molar-refractivity contribution in [3.63, 3.8) is 0 Å². The fourth-order valence-corrected chi connectivity index (χ4v) is 2.44. The number of hydrogen-bond donors (Lipinski definition) is 1. The predicted octanol–water partition coefficient (Wildman–Crippen LogP) is -0.115. The molecule has 1 aliphatic rings. The Kier molecular flexibility index (Phi) is 4.59. The molecule has 2 aromatic rings. The molecule has 1 fully saturated rings. The third-order valence-corrected chi connectivity index (χ3v) is 3.66. The zero-order valence-electron chi connectivity index (χ0n) is 12.7. The maximum Gasteiger partial charge on any atom is 0.289 e. The molecule has 2 aromatic heterocycles. The molecule has 1 aliphatic heterocycles. The topological polar surface area (TPSA) is 84.7 Å². The van der Waals surface area contributed by atoms with Gasteiger partial charge in [0.15, 0.2) is 0 Å². The van der Waals surface area contributed by atoms with Crippen molar-refractivity contribution >= 4 is 11.7 Å². The molecule has 0 aliphatic carbocycles. The van der Waals surface area contributed by atoms with Crippen LogP contribution in [0.1, 0.15) is 22.7 Å². The van der Waals surface area contributed by atoms with Gasteiger partial charge in [0.25, 0.3) is 11.7 Å². The van der Waals surface area contributed by atoms with Crippen LogP contribution in [0, 0.1) is 6.92 Å². The van der Waals surface area contributed by atoms with Crippen LogP contribution >= 0.6 is 0 Å². The fourth-order valence-electron chi connectivity index (χ4n) is 2.44. The van der Waals surface area contributed by atoms with Crippen LogP contribution in [-0.2, 0) is 4.74 Å². The number of aryl methyl sites for hydroxylation is 1. The number of carbonyl (C=O) groups excluding carboxylic acids is 1. The number of nitrogens with one attached hydrogen (secondary N) is 1. The molecule has 0 saturated carbocycles. The van der Waals surface area contributed by atoms with Gasteiger partial charge in [0, 0.05) is 31.5 Å². The number of amides is 1. The highest BCUT2D eigenvalue weighted by Gasteiger charge is 2.15. The quantitative estimate of drug-likeness (QED) is 0.776. The molecule has 118 valence electrons. The molecule has 0 radical (unpaired) electrons. The Morgan fingerprint density at radius 3 is 3.00 bits per heavy atom. The molecular formula is C14H20N6O2. The fraction of sp³-hybridized carbons (Fsp3) is 0.571. The van der Waals surface area contributed by atoms with E-state index in [1.54, 1.807) is 10.6 Å². The van der Waals surface area contributed by atoms with Gasteiger partial charge >= 0.3 is 0 Å². The summed E-state index contributed by atoms with van der Waals surface area (Å²) in [5.41, 5.74) is 0.845. The molecule has 1 amide bonds. The van der Waals surface area contributed by atoms with E-state index in [1.807, 2.05) is 13.0 Å². The standard InChI is InChI=1S/C14H20N6O2/c1-11-3-6-20-12(17-18-14(20)16-11)13(21)15-4-2-5-19-7-9-22-10-8-19/h3,6H,2,4-5,7-10H2,1H3,(H,15,21). The number of morpholine rings is 1. The molecule has 0 unspecified atom stereocenters. The lowest BCUT2D eigenvalue weighted by molar-refractivity contribution is 0.0374. The molecular weight excluding hydrogens is 284 g/mol. The molecule has 8 heteroatoms. The third kappa shape index (κ3) is 3.40. The molecule has 0 atom stereocenters. The first kappa shape index (κ1) is 14.9. The smallest absolute Gasteiger partial charge is 0.289 e. The van der Waals surface area contributed by atoms with Crippen LogP contribution in [0.15, 0.2) is 12.3 Å². The van der Waals surface area contributed by atoms with Crippen LogP contribution in [0.2, 0.25) is 0 Å². The lowest BCUT2D eigenvalue weighted by Crippen LogP contribution is -2.38. The second kappa shape index (κ2) is 6.80. The van der Waals surface area contributed by atoms with Crippen LogP contribution in [0.3, 0.4) is 0 Å². The molecule has 0 aromatic carbocycles. The Hall–Kier alpha value is -2.06. The SMILES string of the molecule is Cc1ccn2c(C(=O)NCCCN3CCOCC3)nnc2n1. The normalized spacial score (nSPS) is 16.0. The second-order valence-electron chi connectivity index (χ2n) is 5.33. The van der Waals surface area contributed by atoms with E-state index in [2.05, 4.69) is 25.4 Å². The van der Waals surface area contributed by atoms with Crippen LogP contribution in [0.25, 0.3) is 5.78 Å². The van der Waals surface area contributed by atoms with Crippen LogP contribution < -0.4 is 5.32 Å². The van der Waals surface area contributed by atoms with E-state index in [0.717, 1.165) is 45.0 Å². The monoisotopic (exact) mass is 304 g/mol. The van der Waals surface area contributed by atoms with E-state index >= 15 is 0 Å². The minimum Gasteiger partial charge on any atom is -0.379 e. The summed E-state index contributed by atoms with van der Waals surface area (Å²) in [4.78, 5) is 18.7. The molecule has 3 heterocycles. The zero-order chi connectivity index (χ0) is 15.4. The van der Waals surface area contributed by atoms with Gasteiger partial charge in [-0.3, -0.25) is 14.1 Å². The van der Waals surface area contributed by atoms with Gasteiger partial charge in [-0.2, -0.15) is 0 Å². The highest BCUT2D eigenvalue weighted by atomic mass is 16.5. The number of rotatable bonds is 5. The van der Waals surface area contributed by atoms with Gasteiger partial charge in [-0.1, -0.05) is 0 Å². The summed E-state index contributed by atoms with van der Waals surface area (Å²) in [5, 5.41) is 10.7. The number of ether oxygens (including phenoxy) is 1. The van der Waals surface area contributed by atoms with Crippen molar-refractivity contribution in [1.29, 1.82) is 0 Å². The van der Waals surface area contributed by atoms with Crippen LogP contribution in [-0.4, -0.2) is 69.8 Å². The number of hydrogen-bond acceptors (Lipinski definition) is 6. The average molecular weight is 304 g/mol. The van der Waals surface area contributed by atoms with Gasteiger partial charge in [-0.05, 0) is 26.0 Å². The minimum atomic E-state index is -0.222. The molecule has 1 N–H and O–H groups in total. The Bertz CT molecular complexity index is 650. The van der Waals surface area contributed by atoms with Crippen molar-refractivity contribution < 1.29 is 9.53 Å². The summed E-state index contributed by atoms with van der Waals surface area (Å²) in [7, 11) is 0. The molecule has 0 spiro atoms. The van der Waals surface area contributed by atoms with E-state index < -0.39 is 0 Å². The van der Waals surface area contributed by atoms with Crippen molar-refractivity contribution in [3.05, 3.63) is 23.8 Å². The number of carbonyl (C=O) groups is 1. The summed E-state index contributed by atoms with van der Waals surface area (Å²) < 4.78 is 6.91. The lowest BCUT2D eigenvalue weighted by Gasteiger charge is -2.26. The van der Waals surface area contributed by atoms with Gasteiger partial charge < -0.3 is 10.1 Å². The Labute approximate surface area is 128 Å². The zero-order valence-corrected chi connectivity index (χ0v) is 12.7. The van der Waals surface area contributed by atoms with E-state index in [0.29, 0.717) is 12.3 Å². The summed E-state index contributed by atoms with van der Waals surface area (Å²) in [6.07, 6.45) is 2.67. The highest BCUT2D eigenvalue weighted by Crippen LogP contribution is 2.02.